The van der Waals surface area contributed by atoms with Gasteiger partial charge in [-0.15, -0.1) is 0 Å². The van der Waals surface area contributed by atoms with E-state index in [0.29, 0.717) is 11.4 Å². The van der Waals surface area contributed by atoms with E-state index in [1.165, 1.54) is 0 Å². The topological polar surface area (TPSA) is 35.8 Å². The zero-order chi connectivity index (χ0) is 8.97. The number of benzene rings is 1. The van der Waals surface area contributed by atoms with Gasteiger partial charge >= 0.3 is 0 Å². The first-order valence-electron chi connectivity index (χ1n) is 3.61. The molecule has 0 atom stereocenters. The average Bonchev–Trinajstić information content (AvgIpc) is 2.05. The maximum atomic E-state index is 8.43. The molecule has 0 unspecified atom stereocenters. The first-order valence-corrected chi connectivity index (χ1v) is 3.99. The van der Waals surface area contributed by atoms with Crippen LogP contribution in [0, 0.1) is 11.3 Å². The number of hydrogen-bond acceptors (Lipinski definition) is 2. The number of halogens is 1. The molecule has 1 N–H and O–H groups in total. The van der Waals surface area contributed by atoms with Crippen LogP contribution >= 0.6 is 11.6 Å². The summed E-state index contributed by atoms with van der Waals surface area (Å²) >= 11 is 5.89. The van der Waals surface area contributed by atoms with Crippen molar-refractivity contribution in [1.29, 1.82) is 5.26 Å². The highest BCUT2D eigenvalue weighted by Gasteiger charge is 1.98. The predicted octanol–water partition coefficient (Wildman–Crippen LogP) is 2.45. The van der Waals surface area contributed by atoms with Gasteiger partial charge in [0.1, 0.15) is 0 Å². The lowest BCUT2D eigenvalue weighted by Crippen LogP contribution is -1.90. The Morgan fingerprint density at radius 1 is 1.58 bits per heavy atom. The van der Waals surface area contributed by atoms with E-state index in [9.17, 15) is 0 Å². The fraction of sp³-hybridized carbons (Fsp3) is 0.222. The molecule has 0 aliphatic rings. The summed E-state index contributed by atoms with van der Waals surface area (Å²) in [5.41, 5.74) is 1.83. The number of anilines is 1. The van der Waals surface area contributed by atoms with Gasteiger partial charge in [-0.25, -0.2) is 0 Å². The van der Waals surface area contributed by atoms with Gasteiger partial charge in [0, 0.05) is 7.05 Å². The van der Waals surface area contributed by atoms with Crippen molar-refractivity contribution >= 4 is 17.3 Å². The lowest BCUT2D eigenvalue weighted by Gasteiger charge is -2.03. The van der Waals surface area contributed by atoms with Crippen molar-refractivity contribution in [2.45, 2.75) is 6.42 Å². The van der Waals surface area contributed by atoms with Crippen molar-refractivity contribution in [3.63, 3.8) is 0 Å². The molecule has 0 saturated heterocycles. The molecule has 0 amide bonds. The highest BCUT2D eigenvalue weighted by atomic mass is 35.5. The molecule has 1 aromatic rings. The minimum absolute atomic E-state index is 0.406. The van der Waals surface area contributed by atoms with E-state index < -0.39 is 0 Å². The molecule has 1 aromatic carbocycles. The molecule has 0 aliphatic carbocycles. The summed E-state index contributed by atoms with van der Waals surface area (Å²) in [4.78, 5) is 0. The summed E-state index contributed by atoms with van der Waals surface area (Å²) in [6.07, 6.45) is 0.406. The number of nitrogens with zero attached hydrogens (tertiary/aromatic N) is 1. The van der Waals surface area contributed by atoms with Gasteiger partial charge in [-0.2, -0.15) is 5.26 Å². The maximum absolute atomic E-state index is 8.43. The monoisotopic (exact) mass is 180 g/mol. The van der Waals surface area contributed by atoms with E-state index in [4.69, 9.17) is 16.9 Å². The third kappa shape index (κ3) is 1.90. The van der Waals surface area contributed by atoms with E-state index in [1.54, 1.807) is 6.07 Å². The van der Waals surface area contributed by atoms with Crippen LogP contribution in [0.3, 0.4) is 0 Å². The Balaban J connectivity index is 2.95. The van der Waals surface area contributed by atoms with Gasteiger partial charge < -0.3 is 5.32 Å². The summed E-state index contributed by atoms with van der Waals surface area (Å²) in [5, 5.41) is 12.0. The van der Waals surface area contributed by atoms with Gasteiger partial charge in [0.25, 0.3) is 0 Å². The normalized spacial score (nSPS) is 9.08. The summed E-state index contributed by atoms with van der Waals surface area (Å²) in [6.45, 7) is 0. The fourth-order valence-corrected chi connectivity index (χ4v) is 1.26. The highest BCUT2D eigenvalue weighted by molar-refractivity contribution is 6.33. The Hall–Kier alpha value is -1.20. The first-order chi connectivity index (χ1) is 5.77. The molecule has 0 radical (unpaired) electrons. The van der Waals surface area contributed by atoms with Crippen LogP contribution in [0.25, 0.3) is 0 Å². The third-order valence-electron chi connectivity index (χ3n) is 1.59. The second-order valence-electron chi connectivity index (χ2n) is 2.40. The van der Waals surface area contributed by atoms with E-state index in [2.05, 4.69) is 11.4 Å². The Morgan fingerprint density at radius 2 is 2.33 bits per heavy atom. The first kappa shape index (κ1) is 8.89. The van der Waals surface area contributed by atoms with Gasteiger partial charge in [0.05, 0.1) is 23.2 Å². The average molecular weight is 181 g/mol. The van der Waals surface area contributed by atoms with Crippen LogP contribution in [0.2, 0.25) is 5.02 Å². The van der Waals surface area contributed by atoms with Crippen molar-refractivity contribution in [1.82, 2.24) is 0 Å². The number of rotatable bonds is 2. The van der Waals surface area contributed by atoms with Crippen molar-refractivity contribution < 1.29 is 0 Å². The molecule has 0 aromatic heterocycles. The van der Waals surface area contributed by atoms with Crippen molar-refractivity contribution in [2.24, 2.45) is 0 Å². The van der Waals surface area contributed by atoms with Gasteiger partial charge in [-0.05, 0) is 17.7 Å². The standard InChI is InChI=1S/C9H9ClN2/c1-12-9-3-2-7(4-5-11)6-8(9)10/h2-3,6,12H,4H2,1H3. The van der Waals surface area contributed by atoms with Crippen LogP contribution in [0.5, 0.6) is 0 Å². The summed E-state index contributed by atoms with van der Waals surface area (Å²) in [6, 6.07) is 7.63. The van der Waals surface area contributed by atoms with Crippen LogP contribution in [-0.4, -0.2) is 7.05 Å². The SMILES string of the molecule is CNc1ccc(CC#N)cc1Cl. The van der Waals surface area contributed by atoms with Crippen LogP contribution in [0.4, 0.5) is 5.69 Å². The zero-order valence-electron chi connectivity index (χ0n) is 6.76. The minimum Gasteiger partial charge on any atom is -0.387 e. The predicted molar refractivity (Wildman–Crippen MR) is 50.3 cm³/mol. The second kappa shape index (κ2) is 3.99. The lowest BCUT2D eigenvalue weighted by atomic mass is 10.1. The zero-order valence-corrected chi connectivity index (χ0v) is 7.52. The Bertz CT molecular complexity index is 315. The molecule has 1 rings (SSSR count). The van der Waals surface area contributed by atoms with Crippen molar-refractivity contribution in [3.8, 4) is 6.07 Å². The molecular formula is C9H9ClN2. The molecule has 12 heavy (non-hydrogen) atoms. The maximum Gasteiger partial charge on any atom is 0.0669 e. The summed E-state index contributed by atoms with van der Waals surface area (Å²) in [7, 11) is 1.81. The molecule has 0 heterocycles. The summed E-state index contributed by atoms with van der Waals surface area (Å²) < 4.78 is 0. The molecule has 0 fully saturated rings. The molecular weight excluding hydrogens is 172 g/mol. The van der Waals surface area contributed by atoms with Gasteiger partial charge in [-0.3, -0.25) is 0 Å². The largest absolute Gasteiger partial charge is 0.387 e. The van der Waals surface area contributed by atoms with Crippen molar-refractivity contribution in [3.05, 3.63) is 28.8 Å². The Labute approximate surface area is 76.8 Å². The fourth-order valence-electron chi connectivity index (χ4n) is 0.963. The number of nitrogens with one attached hydrogen (secondary N) is 1. The summed E-state index contributed by atoms with van der Waals surface area (Å²) in [5.74, 6) is 0. The highest BCUT2D eigenvalue weighted by Crippen LogP contribution is 2.22. The van der Waals surface area contributed by atoms with E-state index in [0.717, 1.165) is 11.3 Å². The van der Waals surface area contributed by atoms with Crippen LogP contribution < -0.4 is 5.32 Å². The quantitative estimate of drug-likeness (QED) is 0.759. The van der Waals surface area contributed by atoms with Crippen LogP contribution in [0.1, 0.15) is 5.56 Å². The molecule has 2 nitrogen and oxygen atoms in total. The van der Waals surface area contributed by atoms with E-state index >= 15 is 0 Å². The number of nitriles is 1. The van der Waals surface area contributed by atoms with Crippen molar-refractivity contribution in [2.75, 3.05) is 12.4 Å². The second-order valence-corrected chi connectivity index (χ2v) is 2.81. The Kier molecular flexibility index (Phi) is 2.95. The van der Waals surface area contributed by atoms with E-state index in [-0.39, 0.29) is 0 Å². The molecule has 0 spiro atoms. The van der Waals surface area contributed by atoms with Crippen LogP contribution in [-0.2, 0) is 6.42 Å². The van der Waals surface area contributed by atoms with Gasteiger partial charge in [0.2, 0.25) is 0 Å². The number of hydrogen-bond donors (Lipinski definition) is 1. The lowest BCUT2D eigenvalue weighted by molar-refractivity contribution is 1.26. The van der Waals surface area contributed by atoms with Gasteiger partial charge in [-0.1, -0.05) is 17.7 Å². The van der Waals surface area contributed by atoms with E-state index in [1.807, 2.05) is 19.2 Å². The molecule has 0 saturated carbocycles. The minimum atomic E-state index is 0.406. The smallest absolute Gasteiger partial charge is 0.0669 e. The van der Waals surface area contributed by atoms with Gasteiger partial charge in [0.15, 0.2) is 0 Å². The molecule has 62 valence electrons. The Morgan fingerprint density at radius 3 is 2.83 bits per heavy atom. The molecule has 0 bridgehead atoms. The van der Waals surface area contributed by atoms with Crippen LogP contribution in [0.15, 0.2) is 18.2 Å². The molecule has 0 aliphatic heterocycles. The third-order valence-corrected chi connectivity index (χ3v) is 1.90. The molecule has 3 heteroatoms.